The molecule has 8 heteroatoms. The second-order valence-corrected chi connectivity index (χ2v) is 10.7. The summed E-state index contributed by atoms with van der Waals surface area (Å²) in [6, 6.07) is 1.80. The predicted molar refractivity (Wildman–Crippen MR) is 125 cm³/mol. The molecule has 1 saturated heterocycles. The normalized spacial score (nSPS) is 37.1. The summed E-state index contributed by atoms with van der Waals surface area (Å²) in [6.45, 7) is 8.95. The van der Waals surface area contributed by atoms with E-state index in [1.807, 2.05) is 33.8 Å². The third-order valence-electron chi connectivity index (χ3n) is 8.73. The number of hydrogen-bond acceptors (Lipinski definition) is 8. The number of cyclic esters (lactones) is 1. The average Bonchev–Trinajstić information content (AvgIpc) is 3.28. The first-order chi connectivity index (χ1) is 16.5. The quantitative estimate of drug-likeness (QED) is 0.454. The summed E-state index contributed by atoms with van der Waals surface area (Å²) in [7, 11) is 1.32. The van der Waals surface area contributed by atoms with E-state index in [-0.39, 0.29) is 18.2 Å². The summed E-state index contributed by atoms with van der Waals surface area (Å²) in [4.78, 5) is 52.0. The van der Waals surface area contributed by atoms with Gasteiger partial charge in [0.2, 0.25) is 0 Å². The maximum Gasteiger partial charge on any atom is 0.310 e. The van der Waals surface area contributed by atoms with Crippen LogP contribution in [0.15, 0.2) is 22.8 Å². The first kappa shape index (κ1) is 25.2. The highest BCUT2D eigenvalue weighted by Crippen LogP contribution is 2.65. The number of ketones is 1. The summed E-state index contributed by atoms with van der Waals surface area (Å²) in [5.74, 6) is -2.79. The van der Waals surface area contributed by atoms with Crippen LogP contribution in [-0.2, 0) is 33.4 Å². The first-order valence-corrected chi connectivity index (χ1v) is 12.2. The highest BCUT2D eigenvalue weighted by atomic mass is 16.6. The van der Waals surface area contributed by atoms with Crippen molar-refractivity contribution < 1.29 is 37.8 Å². The van der Waals surface area contributed by atoms with Gasteiger partial charge in [-0.1, -0.05) is 19.9 Å². The van der Waals surface area contributed by atoms with E-state index in [0.717, 1.165) is 11.1 Å². The van der Waals surface area contributed by atoms with E-state index in [9.17, 15) is 19.2 Å². The van der Waals surface area contributed by atoms with Crippen LogP contribution in [0.25, 0.3) is 5.57 Å². The third-order valence-corrected chi connectivity index (χ3v) is 8.73. The molecule has 0 bridgehead atoms. The van der Waals surface area contributed by atoms with E-state index >= 15 is 0 Å². The van der Waals surface area contributed by atoms with Crippen LogP contribution in [0.3, 0.4) is 0 Å². The van der Waals surface area contributed by atoms with E-state index in [0.29, 0.717) is 25.0 Å². The standard InChI is InChI=1S/C27H34O8/c1-7-14(2)22-16(9-11-33-22)20-13-27(5)17(25(31)35-20)8-10-26(4)18(24(30)32-6)12-19(34-15(3)28)21(29)23(26)27/h7,9,11,17-20,23H,8,10,12-13H2,1-6H3/b14-7+/t17-,18-,19-,20-,23-,26-,27-/m0/s1. The van der Waals surface area contributed by atoms with Crippen LogP contribution in [0.5, 0.6) is 0 Å². The zero-order valence-electron chi connectivity index (χ0n) is 21.2. The highest BCUT2D eigenvalue weighted by Gasteiger charge is 2.67. The van der Waals surface area contributed by atoms with Gasteiger partial charge in [-0.05, 0) is 55.6 Å². The van der Waals surface area contributed by atoms with Crippen molar-refractivity contribution in [2.45, 2.75) is 72.5 Å². The van der Waals surface area contributed by atoms with Gasteiger partial charge in [0.1, 0.15) is 11.9 Å². The van der Waals surface area contributed by atoms with Gasteiger partial charge in [-0.2, -0.15) is 0 Å². The van der Waals surface area contributed by atoms with Crippen LogP contribution in [0, 0.1) is 28.6 Å². The smallest absolute Gasteiger partial charge is 0.310 e. The van der Waals surface area contributed by atoms with Crippen molar-refractivity contribution in [3.8, 4) is 0 Å². The lowest BCUT2D eigenvalue weighted by Gasteiger charge is -2.61. The largest absolute Gasteiger partial charge is 0.469 e. The van der Waals surface area contributed by atoms with Gasteiger partial charge in [0, 0.05) is 24.8 Å². The van der Waals surface area contributed by atoms with Crippen LogP contribution >= 0.6 is 0 Å². The fourth-order valence-corrected chi connectivity index (χ4v) is 7.02. The molecular formula is C27H34O8. The Labute approximate surface area is 205 Å². The molecule has 7 atom stereocenters. The molecule has 3 aliphatic rings. The van der Waals surface area contributed by atoms with Gasteiger partial charge in [0.05, 0.1) is 25.2 Å². The lowest BCUT2D eigenvalue weighted by atomic mass is 9.43. The number of fused-ring (bicyclic) bond motifs is 3. The number of hydrogen-bond donors (Lipinski definition) is 0. The Morgan fingerprint density at radius 3 is 2.51 bits per heavy atom. The number of carbonyl (C=O) groups is 4. The third kappa shape index (κ3) is 3.91. The van der Waals surface area contributed by atoms with Crippen LogP contribution in [0.2, 0.25) is 0 Å². The minimum absolute atomic E-state index is 0.0824. The molecule has 0 amide bonds. The minimum atomic E-state index is -1.06. The van der Waals surface area contributed by atoms with Crippen LogP contribution in [0.1, 0.15) is 77.7 Å². The molecule has 2 saturated carbocycles. The molecule has 190 valence electrons. The molecule has 0 unspecified atom stereocenters. The number of rotatable bonds is 4. The fraction of sp³-hybridized carbons (Fsp3) is 0.630. The molecule has 0 N–H and O–H groups in total. The van der Waals surface area contributed by atoms with Crippen LogP contribution in [-0.4, -0.2) is 36.9 Å². The van der Waals surface area contributed by atoms with E-state index in [2.05, 4.69) is 0 Å². The Balaban J connectivity index is 1.80. The number of furan rings is 1. The lowest BCUT2D eigenvalue weighted by Crippen LogP contribution is -2.64. The monoisotopic (exact) mass is 486 g/mol. The SMILES string of the molecule is C/C=C(\C)c1occc1[C@@H]1C[C@]2(C)[C@H]3C(=O)[C@@H](OC(C)=O)C[C@@H](C(=O)OC)[C@]3(C)CC[C@H]2C(=O)O1. The molecule has 2 aliphatic carbocycles. The fourth-order valence-electron chi connectivity index (χ4n) is 7.02. The first-order valence-electron chi connectivity index (χ1n) is 12.2. The molecule has 35 heavy (non-hydrogen) atoms. The average molecular weight is 487 g/mol. The summed E-state index contributed by atoms with van der Waals surface area (Å²) in [5.41, 5.74) is 0.113. The number of esters is 3. The van der Waals surface area contributed by atoms with Crippen molar-refractivity contribution in [2.75, 3.05) is 7.11 Å². The van der Waals surface area contributed by atoms with Gasteiger partial charge in [0.15, 0.2) is 11.9 Å². The number of Topliss-reactive ketones (excluding diaryl/α,β-unsaturated/α-hetero) is 1. The molecule has 1 aromatic heterocycles. The van der Waals surface area contributed by atoms with Gasteiger partial charge >= 0.3 is 17.9 Å². The molecular weight excluding hydrogens is 452 g/mol. The Bertz CT molecular complexity index is 1080. The second-order valence-electron chi connectivity index (χ2n) is 10.7. The molecule has 8 nitrogen and oxygen atoms in total. The van der Waals surface area contributed by atoms with Gasteiger partial charge < -0.3 is 18.6 Å². The maximum absolute atomic E-state index is 13.9. The predicted octanol–water partition coefficient (Wildman–Crippen LogP) is 4.42. The van der Waals surface area contributed by atoms with Crippen molar-refractivity contribution in [1.29, 1.82) is 0 Å². The molecule has 0 spiro atoms. The zero-order chi connectivity index (χ0) is 25.7. The zero-order valence-corrected chi connectivity index (χ0v) is 21.2. The molecule has 1 aromatic rings. The Hall–Kier alpha value is -2.90. The molecule has 2 heterocycles. The van der Waals surface area contributed by atoms with Gasteiger partial charge in [-0.15, -0.1) is 0 Å². The summed E-state index contributed by atoms with van der Waals surface area (Å²) < 4.78 is 22.1. The Morgan fingerprint density at radius 2 is 1.89 bits per heavy atom. The number of carbonyl (C=O) groups excluding carboxylic acids is 4. The Morgan fingerprint density at radius 1 is 1.17 bits per heavy atom. The van der Waals surface area contributed by atoms with Crippen LogP contribution in [0.4, 0.5) is 0 Å². The van der Waals surface area contributed by atoms with Gasteiger partial charge in [-0.25, -0.2) is 0 Å². The molecule has 4 rings (SSSR count). The number of ether oxygens (including phenoxy) is 3. The molecule has 1 aliphatic heterocycles. The van der Waals surface area contributed by atoms with Crippen LogP contribution < -0.4 is 0 Å². The number of allylic oxidation sites excluding steroid dienone is 2. The summed E-state index contributed by atoms with van der Waals surface area (Å²) in [5, 5.41) is 0. The molecule has 3 fully saturated rings. The van der Waals surface area contributed by atoms with Gasteiger partial charge in [-0.3, -0.25) is 19.2 Å². The topological polar surface area (TPSA) is 109 Å². The lowest BCUT2D eigenvalue weighted by molar-refractivity contribution is -0.210. The second kappa shape index (κ2) is 8.95. The molecule has 0 radical (unpaired) electrons. The van der Waals surface area contributed by atoms with E-state index in [1.165, 1.54) is 14.0 Å². The Kier molecular flexibility index (Phi) is 6.45. The van der Waals surface area contributed by atoms with E-state index < -0.39 is 52.7 Å². The minimum Gasteiger partial charge on any atom is -0.469 e. The van der Waals surface area contributed by atoms with Gasteiger partial charge in [0.25, 0.3) is 0 Å². The highest BCUT2D eigenvalue weighted by molar-refractivity contribution is 5.93. The van der Waals surface area contributed by atoms with E-state index in [1.54, 1.807) is 12.3 Å². The van der Waals surface area contributed by atoms with Crippen molar-refractivity contribution in [1.82, 2.24) is 0 Å². The van der Waals surface area contributed by atoms with Crippen molar-refractivity contribution >= 4 is 29.3 Å². The maximum atomic E-state index is 13.9. The van der Waals surface area contributed by atoms with Crippen molar-refractivity contribution in [3.63, 3.8) is 0 Å². The molecule has 0 aromatic carbocycles. The van der Waals surface area contributed by atoms with Crippen molar-refractivity contribution in [3.05, 3.63) is 29.7 Å². The summed E-state index contributed by atoms with van der Waals surface area (Å²) >= 11 is 0. The summed E-state index contributed by atoms with van der Waals surface area (Å²) in [6.07, 6.45) is 3.29. The van der Waals surface area contributed by atoms with Crippen molar-refractivity contribution in [2.24, 2.45) is 28.6 Å². The number of methoxy groups -OCH3 is 1. The van der Waals surface area contributed by atoms with E-state index in [4.69, 9.17) is 18.6 Å².